The van der Waals surface area contributed by atoms with Crippen LogP contribution in [0.2, 0.25) is 0 Å². The fourth-order valence-electron chi connectivity index (χ4n) is 4.43. The number of fused-ring (bicyclic) bond motifs is 1. The second-order valence-corrected chi connectivity index (χ2v) is 7.89. The molecule has 1 heterocycles. The third-order valence-corrected chi connectivity index (χ3v) is 6.09. The topological polar surface area (TPSA) is 86.6 Å². The second kappa shape index (κ2) is 10.6. The Labute approximate surface area is 214 Å². The van der Waals surface area contributed by atoms with Gasteiger partial charge in [0.2, 0.25) is 11.5 Å². The summed E-state index contributed by atoms with van der Waals surface area (Å²) in [5.41, 5.74) is 1.51. The van der Waals surface area contributed by atoms with Crippen LogP contribution in [0.15, 0.2) is 53.3 Å². The summed E-state index contributed by atoms with van der Waals surface area (Å²) in [7, 11) is 10.8. The van der Waals surface area contributed by atoms with E-state index in [1.54, 1.807) is 61.3 Å². The van der Waals surface area contributed by atoms with Crippen molar-refractivity contribution in [3.05, 3.63) is 58.9 Å². The molecule has 0 radical (unpaired) electrons. The summed E-state index contributed by atoms with van der Waals surface area (Å²) in [4.78, 5) is 13.7. The van der Waals surface area contributed by atoms with Crippen molar-refractivity contribution in [3.63, 3.8) is 0 Å². The van der Waals surface area contributed by atoms with Gasteiger partial charge < -0.3 is 33.2 Å². The average molecular weight is 508 g/mol. The molecule has 0 aliphatic carbocycles. The van der Waals surface area contributed by atoms with Gasteiger partial charge in [-0.2, -0.15) is 0 Å². The predicted octanol–water partition coefficient (Wildman–Crippen LogP) is 4.72. The summed E-state index contributed by atoms with van der Waals surface area (Å²) in [5.74, 6) is 3.19. The second-order valence-electron chi connectivity index (χ2n) is 7.89. The molecule has 1 aromatic heterocycles. The van der Waals surface area contributed by atoms with Crippen molar-refractivity contribution in [1.82, 2.24) is 4.57 Å². The smallest absolute Gasteiger partial charge is 0.256 e. The van der Waals surface area contributed by atoms with Crippen molar-refractivity contribution in [2.24, 2.45) is 0 Å². The van der Waals surface area contributed by atoms with Crippen LogP contribution >= 0.6 is 0 Å². The molecule has 0 amide bonds. The summed E-state index contributed by atoms with van der Waals surface area (Å²) in [6.07, 6.45) is 0. The first-order chi connectivity index (χ1) is 18.0. The van der Waals surface area contributed by atoms with Crippen molar-refractivity contribution in [1.29, 1.82) is 0 Å². The zero-order valence-electron chi connectivity index (χ0n) is 21.8. The molecule has 9 nitrogen and oxygen atoms in total. The number of rotatable bonds is 9. The maximum atomic E-state index is 13.7. The highest BCUT2D eigenvalue weighted by Crippen LogP contribution is 2.49. The van der Waals surface area contributed by atoms with Crippen LogP contribution in [-0.2, 0) is 0 Å². The Kier molecular flexibility index (Phi) is 7.33. The maximum Gasteiger partial charge on any atom is 0.256 e. The molecule has 0 aliphatic rings. The highest BCUT2D eigenvalue weighted by molar-refractivity contribution is 6.03. The van der Waals surface area contributed by atoms with Crippen LogP contribution in [0.1, 0.15) is 0 Å². The first-order valence-corrected chi connectivity index (χ1v) is 11.3. The molecule has 0 atom stereocenters. The number of ether oxygens (including phenoxy) is 7. The minimum absolute atomic E-state index is 0.268. The first kappa shape index (κ1) is 25.6. The molecule has 9 heteroatoms. The van der Waals surface area contributed by atoms with E-state index in [0.29, 0.717) is 68.0 Å². The molecule has 0 spiro atoms. The molecule has 4 rings (SSSR count). The van der Waals surface area contributed by atoms with Gasteiger partial charge in [-0.3, -0.25) is 9.36 Å². The predicted molar refractivity (Wildman–Crippen MR) is 141 cm³/mol. The van der Waals surface area contributed by atoms with E-state index in [-0.39, 0.29) is 5.56 Å². The Morgan fingerprint density at radius 3 is 1.59 bits per heavy atom. The van der Waals surface area contributed by atoms with Crippen LogP contribution in [0.4, 0.5) is 0 Å². The summed E-state index contributed by atoms with van der Waals surface area (Å²) in [5, 5.41) is 1.23. The Bertz CT molecular complexity index is 1470. The molecular weight excluding hydrogens is 478 g/mol. The largest absolute Gasteiger partial charge is 0.497 e. The maximum absolute atomic E-state index is 13.7. The van der Waals surface area contributed by atoms with Crippen molar-refractivity contribution >= 4 is 10.8 Å². The van der Waals surface area contributed by atoms with Crippen LogP contribution in [0.5, 0.6) is 40.2 Å². The molecule has 0 saturated heterocycles. The SMILES string of the molecule is COc1ccc(-n2c(-c3cc(OC)c(OC)c(OC)c3)c3c(OC)c(OC)c(OC)cc3cc2=O)cc1. The average Bonchev–Trinajstić information content (AvgIpc) is 2.94. The van der Waals surface area contributed by atoms with E-state index in [1.807, 2.05) is 0 Å². The molecule has 0 bridgehead atoms. The van der Waals surface area contributed by atoms with Crippen molar-refractivity contribution in [2.45, 2.75) is 0 Å². The summed E-state index contributed by atoms with van der Waals surface area (Å²) >= 11 is 0. The van der Waals surface area contributed by atoms with Crippen molar-refractivity contribution < 1.29 is 33.2 Å². The number of hydrogen-bond acceptors (Lipinski definition) is 8. The number of pyridine rings is 1. The van der Waals surface area contributed by atoms with E-state index in [9.17, 15) is 4.79 Å². The number of hydrogen-bond donors (Lipinski definition) is 0. The number of benzene rings is 3. The van der Waals surface area contributed by atoms with E-state index in [1.165, 1.54) is 41.6 Å². The molecule has 0 fully saturated rings. The van der Waals surface area contributed by atoms with Crippen LogP contribution in [0.3, 0.4) is 0 Å². The van der Waals surface area contributed by atoms with Gasteiger partial charge in [0, 0.05) is 17.3 Å². The van der Waals surface area contributed by atoms with Gasteiger partial charge in [-0.1, -0.05) is 0 Å². The number of nitrogens with zero attached hydrogens (tertiary/aromatic N) is 1. The summed E-state index contributed by atoms with van der Waals surface area (Å²) < 4.78 is 40.7. The highest BCUT2D eigenvalue weighted by atomic mass is 16.5. The van der Waals surface area contributed by atoms with Crippen molar-refractivity contribution in [3.8, 4) is 57.2 Å². The minimum atomic E-state index is -0.268. The van der Waals surface area contributed by atoms with E-state index in [2.05, 4.69) is 0 Å². The molecule has 3 aromatic carbocycles. The van der Waals surface area contributed by atoms with E-state index in [4.69, 9.17) is 33.2 Å². The quantitative estimate of drug-likeness (QED) is 0.322. The number of aromatic nitrogens is 1. The third-order valence-electron chi connectivity index (χ3n) is 6.09. The van der Waals surface area contributed by atoms with Crippen LogP contribution in [0.25, 0.3) is 27.7 Å². The molecule has 0 saturated carbocycles. The van der Waals surface area contributed by atoms with Crippen molar-refractivity contribution in [2.75, 3.05) is 49.8 Å². The van der Waals surface area contributed by atoms with Gasteiger partial charge in [0.1, 0.15) is 5.75 Å². The molecular formula is C28H29NO8. The van der Waals surface area contributed by atoms with Crippen LogP contribution in [-0.4, -0.2) is 54.3 Å². The molecule has 4 aromatic rings. The lowest BCUT2D eigenvalue weighted by molar-refractivity contribution is 0.324. The van der Waals surface area contributed by atoms with Crippen LogP contribution in [0, 0.1) is 0 Å². The van der Waals surface area contributed by atoms with Gasteiger partial charge in [0.15, 0.2) is 23.0 Å². The van der Waals surface area contributed by atoms with Crippen LogP contribution < -0.4 is 38.7 Å². The standard InChI is InChI=1S/C28H29NO8/c1-31-19-10-8-18(9-11-19)29-23(30)15-16-12-22(34-4)27(36-6)28(37-7)24(16)25(29)17-13-20(32-2)26(35-5)21(14-17)33-3/h8-15H,1-7H3. The van der Waals surface area contributed by atoms with Gasteiger partial charge >= 0.3 is 0 Å². The molecule has 194 valence electrons. The lowest BCUT2D eigenvalue weighted by atomic mass is 9.99. The highest BCUT2D eigenvalue weighted by Gasteiger charge is 2.25. The Morgan fingerprint density at radius 1 is 0.568 bits per heavy atom. The summed E-state index contributed by atoms with van der Waals surface area (Å²) in [6.45, 7) is 0. The molecule has 0 unspecified atom stereocenters. The fraction of sp³-hybridized carbons (Fsp3) is 0.250. The monoisotopic (exact) mass is 507 g/mol. The lowest BCUT2D eigenvalue weighted by Gasteiger charge is -2.22. The van der Waals surface area contributed by atoms with Gasteiger partial charge in [0.25, 0.3) is 5.56 Å². The Morgan fingerprint density at radius 2 is 1.11 bits per heavy atom. The van der Waals surface area contributed by atoms with Gasteiger partial charge in [-0.25, -0.2) is 0 Å². The third kappa shape index (κ3) is 4.33. The summed E-state index contributed by atoms with van der Waals surface area (Å²) in [6, 6.07) is 14.0. The Balaban J connectivity index is 2.25. The van der Waals surface area contributed by atoms with Gasteiger partial charge in [-0.05, 0) is 47.9 Å². The van der Waals surface area contributed by atoms with E-state index >= 15 is 0 Å². The van der Waals surface area contributed by atoms with E-state index in [0.717, 1.165) is 0 Å². The lowest BCUT2D eigenvalue weighted by Crippen LogP contribution is -2.20. The minimum Gasteiger partial charge on any atom is -0.497 e. The Hall–Kier alpha value is -4.53. The number of methoxy groups -OCH3 is 7. The van der Waals surface area contributed by atoms with Gasteiger partial charge in [-0.15, -0.1) is 0 Å². The first-order valence-electron chi connectivity index (χ1n) is 11.3. The normalized spacial score (nSPS) is 10.7. The van der Waals surface area contributed by atoms with Gasteiger partial charge in [0.05, 0.1) is 60.8 Å². The zero-order chi connectivity index (χ0) is 26.7. The molecule has 0 aliphatic heterocycles. The molecule has 37 heavy (non-hydrogen) atoms. The zero-order valence-corrected chi connectivity index (χ0v) is 21.8. The fourth-order valence-corrected chi connectivity index (χ4v) is 4.43. The molecule has 0 N–H and O–H groups in total. The van der Waals surface area contributed by atoms with E-state index < -0.39 is 0 Å².